The van der Waals surface area contributed by atoms with Gasteiger partial charge in [0.15, 0.2) is 6.17 Å². The molecule has 4 heteroatoms. The molecule has 0 aliphatic carbocycles. The van der Waals surface area contributed by atoms with Crippen LogP contribution in [0.1, 0.15) is 0 Å². The second-order valence-electron chi connectivity index (χ2n) is 6.70. The molecule has 0 bridgehead atoms. The van der Waals surface area contributed by atoms with Crippen molar-refractivity contribution in [3.63, 3.8) is 0 Å². The lowest BCUT2D eigenvalue weighted by molar-refractivity contribution is -0.721. The summed E-state index contributed by atoms with van der Waals surface area (Å²) in [4.78, 5) is 1.25. The molecule has 0 spiro atoms. The standard InChI is InChI=1S/C18H21N2SSi/c1-22(2,3)14-20-17(15-10-6-4-7-11-15)18(21-19-20)16-12-8-5-9-13-16/h4-13H,14H2,1-3H3/q+1. The van der Waals surface area contributed by atoms with Crippen LogP contribution in [0, 0.1) is 0 Å². The SMILES string of the molecule is C[Si](C)(C)C[n+]1nsc(-c2ccccc2)c1-c1ccccc1. The molecule has 22 heavy (non-hydrogen) atoms. The van der Waals surface area contributed by atoms with Crippen molar-refractivity contribution in [1.29, 1.82) is 0 Å². The molecule has 2 nitrogen and oxygen atoms in total. The van der Waals surface area contributed by atoms with Gasteiger partial charge in [0.2, 0.25) is 0 Å². The Bertz CT molecular complexity index is 746. The van der Waals surface area contributed by atoms with E-state index in [4.69, 9.17) is 4.49 Å². The molecule has 0 saturated carbocycles. The summed E-state index contributed by atoms with van der Waals surface area (Å²) < 4.78 is 6.96. The zero-order valence-corrected chi connectivity index (χ0v) is 15.1. The highest BCUT2D eigenvalue weighted by Gasteiger charge is 2.30. The molecule has 0 saturated heterocycles. The Kier molecular flexibility index (Phi) is 4.22. The molecule has 0 aliphatic rings. The highest BCUT2D eigenvalue weighted by molar-refractivity contribution is 7.09. The van der Waals surface area contributed by atoms with E-state index in [0.717, 1.165) is 6.17 Å². The van der Waals surface area contributed by atoms with Gasteiger partial charge in [-0.15, -0.1) is 0 Å². The molecule has 0 N–H and O–H groups in total. The number of benzene rings is 2. The number of aromatic nitrogens is 2. The van der Waals surface area contributed by atoms with E-state index >= 15 is 0 Å². The lowest BCUT2D eigenvalue weighted by Crippen LogP contribution is -2.48. The third-order valence-electron chi connectivity index (χ3n) is 3.41. The topological polar surface area (TPSA) is 16.8 Å². The van der Waals surface area contributed by atoms with Crippen LogP contribution in [0.15, 0.2) is 60.7 Å². The Balaban J connectivity index is 2.16. The van der Waals surface area contributed by atoms with Gasteiger partial charge in [-0.2, -0.15) is 0 Å². The maximum absolute atomic E-state index is 4.75. The molecule has 0 radical (unpaired) electrons. The van der Waals surface area contributed by atoms with Crippen LogP contribution in [0.4, 0.5) is 0 Å². The van der Waals surface area contributed by atoms with E-state index < -0.39 is 8.07 Å². The first kappa shape index (κ1) is 15.1. The summed E-state index contributed by atoms with van der Waals surface area (Å²) in [6.07, 6.45) is 1.04. The van der Waals surface area contributed by atoms with E-state index in [1.54, 1.807) is 11.5 Å². The van der Waals surface area contributed by atoms with Crippen LogP contribution in [0.2, 0.25) is 19.6 Å². The number of rotatable bonds is 4. The number of hydrogen-bond donors (Lipinski definition) is 0. The van der Waals surface area contributed by atoms with E-state index in [9.17, 15) is 0 Å². The summed E-state index contributed by atoms with van der Waals surface area (Å²) in [6, 6.07) is 21.2. The summed E-state index contributed by atoms with van der Waals surface area (Å²) in [7, 11) is -1.24. The van der Waals surface area contributed by atoms with Crippen molar-refractivity contribution >= 4 is 19.6 Å². The van der Waals surface area contributed by atoms with Gasteiger partial charge in [0.1, 0.15) is 13.0 Å². The number of hydrogen-bond acceptors (Lipinski definition) is 2. The molecule has 1 heterocycles. The van der Waals surface area contributed by atoms with Crippen LogP contribution in [-0.4, -0.2) is 12.6 Å². The van der Waals surface area contributed by atoms with Crippen molar-refractivity contribution < 1.29 is 4.68 Å². The van der Waals surface area contributed by atoms with E-state index in [2.05, 4.69) is 85.0 Å². The highest BCUT2D eigenvalue weighted by atomic mass is 32.1. The first-order valence-corrected chi connectivity index (χ1v) is 12.0. The van der Waals surface area contributed by atoms with Gasteiger partial charge >= 0.3 is 0 Å². The normalized spacial score (nSPS) is 11.6. The van der Waals surface area contributed by atoms with Crippen LogP contribution < -0.4 is 4.68 Å². The quantitative estimate of drug-likeness (QED) is 0.504. The molecule has 0 fully saturated rings. The fourth-order valence-corrected chi connectivity index (χ4v) is 4.60. The molecule has 3 aromatic rings. The Labute approximate surface area is 137 Å². The van der Waals surface area contributed by atoms with Crippen molar-refractivity contribution in [3.8, 4) is 21.7 Å². The maximum atomic E-state index is 4.75. The molecule has 1 aromatic heterocycles. The molecule has 0 atom stereocenters. The predicted octanol–water partition coefficient (Wildman–Crippen LogP) is 4.64. The van der Waals surface area contributed by atoms with Crippen LogP contribution in [-0.2, 0) is 6.17 Å². The zero-order chi connectivity index (χ0) is 15.6. The average molecular weight is 326 g/mol. The van der Waals surface area contributed by atoms with Crippen LogP contribution in [0.3, 0.4) is 0 Å². The van der Waals surface area contributed by atoms with Crippen LogP contribution in [0.5, 0.6) is 0 Å². The second-order valence-corrected chi connectivity index (χ2v) is 12.9. The van der Waals surface area contributed by atoms with Crippen molar-refractivity contribution in [3.05, 3.63) is 60.7 Å². The summed E-state index contributed by atoms with van der Waals surface area (Å²) in [5.41, 5.74) is 3.74. The molecule has 3 rings (SSSR count). The predicted molar refractivity (Wildman–Crippen MR) is 96.5 cm³/mol. The van der Waals surface area contributed by atoms with Gasteiger partial charge in [-0.05, 0) is 12.1 Å². The molecule has 0 aliphatic heterocycles. The van der Waals surface area contributed by atoms with E-state index in [-0.39, 0.29) is 0 Å². The Morgan fingerprint density at radius 2 is 1.41 bits per heavy atom. The monoisotopic (exact) mass is 325 g/mol. The molecule has 0 unspecified atom stereocenters. The van der Waals surface area contributed by atoms with Gasteiger partial charge in [0.05, 0.1) is 10.1 Å². The van der Waals surface area contributed by atoms with E-state index in [0.29, 0.717) is 0 Å². The summed E-state index contributed by atoms with van der Waals surface area (Å²) >= 11 is 1.60. The van der Waals surface area contributed by atoms with Gasteiger partial charge in [0, 0.05) is 17.1 Å². The third-order valence-corrected chi connectivity index (χ3v) is 5.55. The van der Waals surface area contributed by atoms with Gasteiger partial charge in [0.25, 0.3) is 5.69 Å². The summed E-state index contributed by atoms with van der Waals surface area (Å²) in [5.74, 6) is 0. The van der Waals surface area contributed by atoms with E-state index in [1.165, 1.54) is 21.7 Å². The van der Waals surface area contributed by atoms with Gasteiger partial charge in [-0.1, -0.05) is 72.9 Å². The molecule has 112 valence electrons. The van der Waals surface area contributed by atoms with Crippen molar-refractivity contribution in [2.45, 2.75) is 25.8 Å². The van der Waals surface area contributed by atoms with Gasteiger partial charge in [-0.25, -0.2) is 0 Å². The first-order valence-electron chi connectivity index (χ1n) is 7.55. The van der Waals surface area contributed by atoms with Crippen molar-refractivity contribution in [1.82, 2.24) is 4.49 Å². The smallest absolute Gasteiger partial charge is 0.0752 e. The number of nitrogens with zero attached hydrogens (tertiary/aromatic N) is 2. The average Bonchev–Trinajstić information content (AvgIpc) is 2.90. The van der Waals surface area contributed by atoms with E-state index in [1.807, 2.05) is 0 Å². The van der Waals surface area contributed by atoms with Crippen molar-refractivity contribution in [2.75, 3.05) is 0 Å². The Morgan fingerprint density at radius 1 is 0.864 bits per heavy atom. The Hall–Kier alpha value is -1.78. The first-order chi connectivity index (χ1) is 10.5. The largest absolute Gasteiger partial charge is 0.259 e. The molecular formula is C18H21N2SSi+. The fourth-order valence-electron chi connectivity index (χ4n) is 2.50. The van der Waals surface area contributed by atoms with Gasteiger partial charge < -0.3 is 0 Å². The minimum atomic E-state index is -1.24. The molecule has 0 amide bonds. The maximum Gasteiger partial charge on any atom is 0.259 e. The highest BCUT2D eigenvalue weighted by Crippen LogP contribution is 2.32. The van der Waals surface area contributed by atoms with Crippen molar-refractivity contribution in [2.24, 2.45) is 0 Å². The third kappa shape index (κ3) is 3.34. The minimum Gasteiger partial charge on any atom is -0.0752 e. The lowest BCUT2D eigenvalue weighted by atomic mass is 10.1. The molecule has 2 aromatic carbocycles. The Morgan fingerprint density at radius 3 is 1.95 bits per heavy atom. The molecular weight excluding hydrogens is 304 g/mol. The second kappa shape index (κ2) is 6.14. The fraction of sp³-hybridized carbons (Fsp3) is 0.222. The van der Waals surface area contributed by atoms with Crippen LogP contribution in [0.25, 0.3) is 21.7 Å². The minimum absolute atomic E-state index is 1.04. The van der Waals surface area contributed by atoms with Crippen LogP contribution >= 0.6 is 11.5 Å². The summed E-state index contributed by atoms with van der Waals surface area (Å²) in [5, 5.41) is 0. The lowest BCUT2D eigenvalue weighted by Gasteiger charge is -2.09. The summed E-state index contributed by atoms with van der Waals surface area (Å²) in [6.45, 7) is 7.16. The zero-order valence-electron chi connectivity index (χ0n) is 13.3. The van der Waals surface area contributed by atoms with Gasteiger partial charge in [-0.3, -0.25) is 0 Å².